The van der Waals surface area contributed by atoms with E-state index in [4.69, 9.17) is 10.5 Å². The molecule has 0 aliphatic rings. The monoisotopic (exact) mass is 236 g/mol. The molecule has 0 unspecified atom stereocenters. The van der Waals surface area contributed by atoms with E-state index in [1.165, 1.54) is 11.1 Å². The predicted molar refractivity (Wildman–Crippen MR) is 72.0 cm³/mol. The summed E-state index contributed by atoms with van der Waals surface area (Å²) in [6.07, 6.45) is 1.04. The largest absolute Gasteiger partial charge is 0.383 e. The summed E-state index contributed by atoms with van der Waals surface area (Å²) in [7, 11) is 1.74. The van der Waals surface area contributed by atoms with E-state index in [-0.39, 0.29) is 0 Å². The van der Waals surface area contributed by atoms with Gasteiger partial charge in [-0.1, -0.05) is 29.8 Å². The third-order valence-electron chi connectivity index (χ3n) is 2.78. The van der Waals surface area contributed by atoms with Crippen molar-refractivity contribution in [3.63, 3.8) is 0 Å². The summed E-state index contributed by atoms with van der Waals surface area (Å²) in [4.78, 5) is 2.39. The van der Waals surface area contributed by atoms with E-state index in [9.17, 15) is 0 Å². The van der Waals surface area contributed by atoms with Crippen LogP contribution in [0.3, 0.4) is 0 Å². The zero-order valence-electron chi connectivity index (χ0n) is 11.0. The van der Waals surface area contributed by atoms with Gasteiger partial charge in [0.05, 0.1) is 6.61 Å². The number of hydrogen-bond donors (Lipinski definition) is 1. The van der Waals surface area contributed by atoms with Gasteiger partial charge in [-0.15, -0.1) is 0 Å². The SMILES string of the molecule is COCCN(CCCN)Cc1cccc(C)c1. The van der Waals surface area contributed by atoms with Gasteiger partial charge in [0, 0.05) is 20.2 Å². The van der Waals surface area contributed by atoms with Crippen LogP contribution in [-0.4, -0.2) is 38.3 Å². The summed E-state index contributed by atoms with van der Waals surface area (Å²) in [6.45, 7) is 6.62. The Morgan fingerprint density at radius 1 is 1.29 bits per heavy atom. The molecule has 17 heavy (non-hydrogen) atoms. The average molecular weight is 236 g/mol. The molecule has 0 aliphatic heterocycles. The van der Waals surface area contributed by atoms with Gasteiger partial charge in [0.25, 0.3) is 0 Å². The highest BCUT2D eigenvalue weighted by Gasteiger charge is 2.05. The molecule has 1 rings (SSSR count). The van der Waals surface area contributed by atoms with E-state index >= 15 is 0 Å². The van der Waals surface area contributed by atoms with Crippen molar-refractivity contribution >= 4 is 0 Å². The first-order valence-corrected chi connectivity index (χ1v) is 6.23. The van der Waals surface area contributed by atoms with E-state index in [0.717, 1.165) is 39.2 Å². The number of nitrogens with zero attached hydrogens (tertiary/aromatic N) is 1. The summed E-state index contributed by atoms with van der Waals surface area (Å²) in [5.41, 5.74) is 8.24. The van der Waals surface area contributed by atoms with Gasteiger partial charge >= 0.3 is 0 Å². The van der Waals surface area contributed by atoms with Gasteiger partial charge in [-0.2, -0.15) is 0 Å². The fourth-order valence-corrected chi connectivity index (χ4v) is 1.87. The average Bonchev–Trinajstić information content (AvgIpc) is 2.32. The highest BCUT2D eigenvalue weighted by molar-refractivity contribution is 5.22. The molecule has 0 heterocycles. The van der Waals surface area contributed by atoms with E-state index in [0.29, 0.717) is 0 Å². The third kappa shape index (κ3) is 5.82. The number of nitrogens with two attached hydrogens (primary N) is 1. The molecule has 0 aromatic heterocycles. The van der Waals surface area contributed by atoms with Crippen LogP contribution in [0.4, 0.5) is 0 Å². The van der Waals surface area contributed by atoms with Crippen molar-refractivity contribution in [2.24, 2.45) is 5.73 Å². The number of rotatable bonds is 8. The maximum Gasteiger partial charge on any atom is 0.0589 e. The van der Waals surface area contributed by atoms with Crippen LogP contribution in [0, 0.1) is 6.92 Å². The molecular formula is C14H24N2O. The summed E-state index contributed by atoms with van der Waals surface area (Å²) >= 11 is 0. The minimum Gasteiger partial charge on any atom is -0.383 e. The maximum absolute atomic E-state index is 5.57. The Morgan fingerprint density at radius 2 is 2.12 bits per heavy atom. The molecule has 0 bridgehead atoms. The summed E-state index contributed by atoms with van der Waals surface area (Å²) < 4.78 is 5.14. The normalized spacial score (nSPS) is 11.1. The Labute approximate surface area is 105 Å². The summed E-state index contributed by atoms with van der Waals surface area (Å²) in [5.74, 6) is 0. The quantitative estimate of drug-likeness (QED) is 0.748. The van der Waals surface area contributed by atoms with Gasteiger partial charge < -0.3 is 10.5 Å². The zero-order valence-corrected chi connectivity index (χ0v) is 11.0. The lowest BCUT2D eigenvalue weighted by Gasteiger charge is -2.21. The number of hydrogen-bond acceptors (Lipinski definition) is 3. The minimum absolute atomic E-state index is 0.747. The van der Waals surface area contributed by atoms with E-state index in [1.807, 2.05) is 0 Å². The predicted octanol–water partition coefficient (Wildman–Crippen LogP) is 1.79. The molecule has 3 heteroatoms. The number of aryl methyl sites for hydroxylation is 1. The van der Waals surface area contributed by atoms with E-state index < -0.39 is 0 Å². The van der Waals surface area contributed by atoms with Gasteiger partial charge in [0.1, 0.15) is 0 Å². The second kappa shape index (κ2) is 8.23. The van der Waals surface area contributed by atoms with Crippen molar-refractivity contribution in [2.45, 2.75) is 19.9 Å². The molecule has 0 amide bonds. The first-order chi connectivity index (χ1) is 8.26. The number of methoxy groups -OCH3 is 1. The Hall–Kier alpha value is -0.900. The molecule has 1 aromatic rings. The Morgan fingerprint density at radius 3 is 2.76 bits per heavy atom. The van der Waals surface area contributed by atoms with Crippen LogP contribution in [0.5, 0.6) is 0 Å². The van der Waals surface area contributed by atoms with Crippen molar-refractivity contribution in [1.29, 1.82) is 0 Å². The van der Waals surface area contributed by atoms with Gasteiger partial charge in [-0.3, -0.25) is 4.90 Å². The van der Waals surface area contributed by atoms with Crippen molar-refractivity contribution in [3.05, 3.63) is 35.4 Å². The van der Waals surface area contributed by atoms with E-state index in [2.05, 4.69) is 36.1 Å². The lowest BCUT2D eigenvalue weighted by atomic mass is 10.1. The topological polar surface area (TPSA) is 38.5 Å². The van der Waals surface area contributed by atoms with Gasteiger partial charge in [0.2, 0.25) is 0 Å². The smallest absolute Gasteiger partial charge is 0.0589 e. The van der Waals surface area contributed by atoms with E-state index in [1.54, 1.807) is 7.11 Å². The molecule has 2 N–H and O–H groups in total. The molecule has 1 aromatic carbocycles. The molecule has 96 valence electrons. The molecule has 0 saturated carbocycles. The molecule has 0 spiro atoms. The van der Waals surface area contributed by atoms with Crippen molar-refractivity contribution in [1.82, 2.24) is 4.90 Å². The Bertz CT molecular complexity index is 307. The van der Waals surface area contributed by atoms with Crippen molar-refractivity contribution < 1.29 is 4.74 Å². The molecule has 3 nitrogen and oxygen atoms in total. The van der Waals surface area contributed by atoms with Crippen LogP contribution in [0.25, 0.3) is 0 Å². The van der Waals surface area contributed by atoms with Gasteiger partial charge in [0.15, 0.2) is 0 Å². The molecule has 0 fully saturated rings. The maximum atomic E-state index is 5.57. The van der Waals surface area contributed by atoms with Gasteiger partial charge in [-0.05, 0) is 32.0 Å². The number of ether oxygens (including phenoxy) is 1. The fourth-order valence-electron chi connectivity index (χ4n) is 1.87. The van der Waals surface area contributed by atoms with Crippen molar-refractivity contribution in [2.75, 3.05) is 33.4 Å². The summed E-state index contributed by atoms with van der Waals surface area (Å²) in [6, 6.07) is 8.66. The lowest BCUT2D eigenvalue weighted by molar-refractivity contribution is 0.143. The van der Waals surface area contributed by atoms with Crippen LogP contribution >= 0.6 is 0 Å². The lowest BCUT2D eigenvalue weighted by Crippen LogP contribution is -2.29. The minimum atomic E-state index is 0.747. The molecule has 0 radical (unpaired) electrons. The standard InChI is InChI=1S/C14H24N2O/c1-13-5-3-6-14(11-13)12-16(8-4-7-15)9-10-17-2/h3,5-6,11H,4,7-10,12,15H2,1-2H3. The van der Waals surface area contributed by atoms with Crippen LogP contribution in [0.1, 0.15) is 17.5 Å². The molecular weight excluding hydrogens is 212 g/mol. The van der Waals surface area contributed by atoms with Gasteiger partial charge in [-0.25, -0.2) is 0 Å². The first kappa shape index (κ1) is 14.2. The molecule has 0 aliphatic carbocycles. The third-order valence-corrected chi connectivity index (χ3v) is 2.78. The summed E-state index contributed by atoms with van der Waals surface area (Å²) in [5, 5.41) is 0. The van der Waals surface area contributed by atoms with Crippen LogP contribution in [0.15, 0.2) is 24.3 Å². The Kier molecular flexibility index (Phi) is 6.86. The molecule has 0 atom stereocenters. The second-order valence-corrected chi connectivity index (χ2v) is 4.40. The zero-order chi connectivity index (χ0) is 12.5. The van der Waals surface area contributed by atoms with Crippen LogP contribution in [-0.2, 0) is 11.3 Å². The van der Waals surface area contributed by atoms with Crippen LogP contribution in [0.2, 0.25) is 0 Å². The van der Waals surface area contributed by atoms with Crippen LogP contribution < -0.4 is 5.73 Å². The van der Waals surface area contributed by atoms with Crippen molar-refractivity contribution in [3.8, 4) is 0 Å². The first-order valence-electron chi connectivity index (χ1n) is 6.23. The molecule has 0 saturated heterocycles. The fraction of sp³-hybridized carbons (Fsp3) is 0.571. The number of benzene rings is 1. The second-order valence-electron chi connectivity index (χ2n) is 4.40. The highest BCUT2D eigenvalue weighted by atomic mass is 16.5. The highest BCUT2D eigenvalue weighted by Crippen LogP contribution is 2.08. The Balaban J connectivity index is 2.51.